The van der Waals surface area contributed by atoms with Gasteiger partial charge in [-0.1, -0.05) is 0 Å². The van der Waals surface area contributed by atoms with E-state index < -0.39 is 0 Å². The third-order valence-electron chi connectivity index (χ3n) is 2.30. The molecule has 0 N–H and O–H groups in total. The van der Waals surface area contributed by atoms with Crippen LogP contribution in [0.4, 0.5) is 0 Å². The summed E-state index contributed by atoms with van der Waals surface area (Å²) in [6.07, 6.45) is 3.86. The first-order chi connectivity index (χ1) is 7.27. The molecule has 1 aliphatic rings. The van der Waals surface area contributed by atoms with Gasteiger partial charge in [0.25, 0.3) is 0 Å². The number of hydrogen-bond donors (Lipinski definition) is 0. The zero-order valence-electron chi connectivity index (χ0n) is 8.66. The molecule has 4 nitrogen and oxygen atoms in total. The average molecular weight is 207 g/mol. The van der Waals surface area contributed by atoms with Crippen molar-refractivity contribution >= 4 is 5.78 Å². The van der Waals surface area contributed by atoms with Gasteiger partial charge in [0.2, 0.25) is 6.79 Å². The molecule has 0 unspecified atom stereocenters. The molecule has 1 aliphatic heterocycles. The molecule has 0 atom stereocenters. The molecule has 80 valence electrons. The molecule has 0 aliphatic carbocycles. The summed E-state index contributed by atoms with van der Waals surface area (Å²) in [5.74, 6) is 1.70. The fourth-order valence-electron chi connectivity index (χ4n) is 1.57. The van der Waals surface area contributed by atoms with E-state index in [0.717, 1.165) is 30.0 Å². The molecule has 0 saturated carbocycles. The minimum atomic E-state index is 0.208. The van der Waals surface area contributed by atoms with E-state index in [4.69, 9.17) is 9.47 Å². The second kappa shape index (κ2) is 4.29. The summed E-state index contributed by atoms with van der Waals surface area (Å²) in [5.41, 5.74) is 0.881. The highest BCUT2D eigenvalue weighted by Crippen LogP contribution is 2.34. The van der Waals surface area contributed by atoms with E-state index in [-0.39, 0.29) is 12.6 Å². The lowest BCUT2D eigenvalue weighted by molar-refractivity contribution is -0.117. The number of ketones is 1. The number of hydrogen-bond acceptors (Lipinski definition) is 4. The van der Waals surface area contributed by atoms with Crippen LogP contribution in [0.3, 0.4) is 0 Å². The van der Waals surface area contributed by atoms with Gasteiger partial charge in [0, 0.05) is 18.7 Å². The van der Waals surface area contributed by atoms with E-state index in [1.165, 1.54) is 0 Å². The van der Waals surface area contributed by atoms with Gasteiger partial charge in [-0.15, -0.1) is 0 Å². The summed E-state index contributed by atoms with van der Waals surface area (Å²) in [5, 5.41) is 0. The van der Waals surface area contributed by atoms with Crippen molar-refractivity contribution in [2.45, 2.75) is 26.2 Å². The number of fused-ring (bicyclic) bond motifs is 1. The number of pyridine rings is 1. The van der Waals surface area contributed by atoms with Crippen LogP contribution in [0, 0.1) is 0 Å². The number of Topliss-reactive ketones (excluding diaryl/α,β-unsaturated/α-hetero) is 1. The Labute approximate surface area is 88.2 Å². The zero-order valence-corrected chi connectivity index (χ0v) is 8.66. The first kappa shape index (κ1) is 9.96. The molecule has 0 spiro atoms. The number of ether oxygens (including phenoxy) is 2. The molecule has 0 fully saturated rings. The highest BCUT2D eigenvalue weighted by atomic mass is 16.7. The Morgan fingerprint density at radius 3 is 3.20 bits per heavy atom. The van der Waals surface area contributed by atoms with Gasteiger partial charge in [-0.3, -0.25) is 4.98 Å². The highest BCUT2D eigenvalue weighted by molar-refractivity contribution is 5.75. The van der Waals surface area contributed by atoms with Crippen molar-refractivity contribution in [3.05, 3.63) is 18.0 Å². The van der Waals surface area contributed by atoms with E-state index in [0.29, 0.717) is 6.42 Å². The second-order valence-electron chi connectivity index (χ2n) is 3.55. The Morgan fingerprint density at radius 2 is 2.40 bits per heavy atom. The topological polar surface area (TPSA) is 48.4 Å². The van der Waals surface area contributed by atoms with Crippen molar-refractivity contribution in [2.24, 2.45) is 0 Å². The molecule has 2 rings (SSSR count). The quantitative estimate of drug-likeness (QED) is 0.754. The van der Waals surface area contributed by atoms with E-state index in [1.54, 1.807) is 19.2 Å². The van der Waals surface area contributed by atoms with Crippen LogP contribution in [0.2, 0.25) is 0 Å². The van der Waals surface area contributed by atoms with Gasteiger partial charge in [0.15, 0.2) is 11.5 Å². The number of carbonyl (C=O) groups excluding carboxylic acids is 1. The van der Waals surface area contributed by atoms with E-state index in [9.17, 15) is 4.79 Å². The van der Waals surface area contributed by atoms with Crippen LogP contribution < -0.4 is 9.47 Å². The van der Waals surface area contributed by atoms with Gasteiger partial charge < -0.3 is 14.3 Å². The number of rotatable bonds is 4. The van der Waals surface area contributed by atoms with Crippen LogP contribution >= 0.6 is 0 Å². The maximum Gasteiger partial charge on any atom is 0.231 e. The summed E-state index contributed by atoms with van der Waals surface area (Å²) in [4.78, 5) is 15.0. The molecule has 0 aromatic carbocycles. The Morgan fingerprint density at radius 1 is 1.53 bits per heavy atom. The van der Waals surface area contributed by atoms with Gasteiger partial charge >= 0.3 is 0 Å². The van der Waals surface area contributed by atoms with Gasteiger partial charge in [-0.25, -0.2) is 0 Å². The SMILES string of the molecule is CC(=O)CCCc1nccc2c1OCO2. The molecule has 1 aromatic heterocycles. The van der Waals surface area contributed by atoms with Crippen molar-refractivity contribution in [1.29, 1.82) is 0 Å². The second-order valence-corrected chi connectivity index (χ2v) is 3.55. The minimum absolute atomic E-state index is 0.208. The molecule has 0 amide bonds. The molecule has 0 saturated heterocycles. The first-order valence-electron chi connectivity index (χ1n) is 5.00. The molecule has 0 radical (unpaired) electrons. The van der Waals surface area contributed by atoms with E-state index in [1.807, 2.05) is 0 Å². The number of carbonyl (C=O) groups is 1. The lowest BCUT2D eigenvalue weighted by atomic mass is 10.1. The Kier molecular flexibility index (Phi) is 2.85. The van der Waals surface area contributed by atoms with Crippen LogP contribution in [-0.2, 0) is 11.2 Å². The van der Waals surface area contributed by atoms with Gasteiger partial charge in [-0.2, -0.15) is 0 Å². The zero-order chi connectivity index (χ0) is 10.7. The van der Waals surface area contributed by atoms with Crippen LogP contribution in [0.25, 0.3) is 0 Å². The Balaban J connectivity index is 2.02. The summed E-state index contributed by atoms with van der Waals surface area (Å²) >= 11 is 0. The van der Waals surface area contributed by atoms with Crippen molar-refractivity contribution in [2.75, 3.05) is 6.79 Å². The average Bonchev–Trinajstić information content (AvgIpc) is 2.65. The number of aromatic nitrogens is 1. The lowest BCUT2D eigenvalue weighted by Crippen LogP contribution is -1.97. The van der Waals surface area contributed by atoms with Crippen molar-refractivity contribution < 1.29 is 14.3 Å². The van der Waals surface area contributed by atoms with E-state index >= 15 is 0 Å². The fourth-order valence-corrected chi connectivity index (χ4v) is 1.57. The molecule has 15 heavy (non-hydrogen) atoms. The summed E-state index contributed by atoms with van der Waals surface area (Å²) in [7, 11) is 0. The first-order valence-corrected chi connectivity index (χ1v) is 5.00. The predicted molar refractivity (Wildman–Crippen MR) is 54.0 cm³/mol. The third-order valence-corrected chi connectivity index (χ3v) is 2.30. The Hall–Kier alpha value is -1.58. The van der Waals surface area contributed by atoms with E-state index in [2.05, 4.69) is 4.98 Å². The minimum Gasteiger partial charge on any atom is -0.453 e. The lowest BCUT2D eigenvalue weighted by Gasteiger charge is -2.03. The molecular weight excluding hydrogens is 194 g/mol. The van der Waals surface area contributed by atoms with Crippen LogP contribution in [-0.4, -0.2) is 17.6 Å². The van der Waals surface area contributed by atoms with Crippen molar-refractivity contribution in [1.82, 2.24) is 4.98 Å². The summed E-state index contributed by atoms with van der Waals surface area (Å²) < 4.78 is 10.6. The molecular formula is C11H13NO3. The number of aryl methyl sites for hydroxylation is 1. The standard InChI is InChI=1S/C11H13NO3/c1-8(13)3-2-4-9-11-10(5-6-12-9)14-7-15-11/h5-6H,2-4,7H2,1H3. The van der Waals surface area contributed by atoms with Crippen LogP contribution in [0.15, 0.2) is 12.3 Å². The van der Waals surface area contributed by atoms with Crippen molar-refractivity contribution in [3.8, 4) is 11.5 Å². The normalized spacial score (nSPS) is 12.9. The van der Waals surface area contributed by atoms with Crippen molar-refractivity contribution in [3.63, 3.8) is 0 Å². The maximum atomic E-state index is 10.8. The smallest absolute Gasteiger partial charge is 0.231 e. The van der Waals surface area contributed by atoms with Gasteiger partial charge in [0.05, 0.1) is 5.69 Å². The highest BCUT2D eigenvalue weighted by Gasteiger charge is 2.17. The van der Waals surface area contributed by atoms with Gasteiger partial charge in [0.1, 0.15) is 5.78 Å². The molecule has 1 aromatic rings. The third kappa shape index (κ3) is 2.26. The summed E-state index contributed by atoms with van der Waals surface area (Å²) in [6, 6.07) is 1.79. The molecule has 0 bridgehead atoms. The van der Waals surface area contributed by atoms with Crippen LogP contribution in [0.5, 0.6) is 11.5 Å². The predicted octanol–water partition coefficient (Wildman–Crippen LogP) is 1.72. The summed E-state index contributed by atoms with van der Waals surface area (Å²) in [6.45, 7) is 1.86. The van der Waals surface area contributed by atoms with Crippen LogP contribution in [0.1, 0.15) is 25.5 Å². The Bertz CT molecular complexity index is 376. The maximum absolute atomic E-state index is 10.8. The largest absolute Gasteiger partial charge is 0.453 e. The number of nitrogens with zero attached hydrogens (tertiary/aromatic N) is 1. The molecule has 4 heteroatoms. The fraction of sp³-hybridized carbons (Fsp3) is 0.455. The monoisotopic (exact) mass is 207 g/mol. The molecule has 2 heterocycles. The van der Waals surface area contributed by atoms with Gasteiger partial charge in [-0.05, 0) is 19.8 Å².